The van der Waals surface area contributed by atoms with Gasteiger partial charge in [0.15, 0.2) is 0 Å². The second-order valence-corrected chi connectivity index (χ2v) is 6.77. The van der Waals surface area contributed by atoms with Gasteiger partial charge in [-0.05, 0) is 50.5 Å². The van der Waals surface area contributed by atoms with E-state index in [4.69, 9.17) is 0 Å². The molecule has 0 aliphatic heterocycles. The molecule has 0 saturated heterocycles. The van der Waals surface area contributed by atoms with Crippen molar-refractivity contribution >= 4 is 11.3 Å². The molecular weight excluding hydrogens is 228 g/mol. The molecule has 2 bridgehead atoms. The molecule has 1 aromatic rings. The van der Waals surface area contributed by atoms with Gasteiger partial charge < -0.3 is 5.32 Å². The molecule has 3 heteroatoms. The Morgan fingerprint density at radius 2 is 2.41 bits per heavy atom. The summed E-state index contributed by atoms with van der Waals surface area (Å²) in [6.45, 7) is 0. The summed E-state index contributed by atoms with van der Waals surface area (Å²) in [4.78, 5) is 4.41. The van der Waals surface area contributed by atoms with Gasteiger partial charge in [0, 0.05) is 24.0 Å². The average Bonchev–Trinajstić information content (AvgIpc) is 3.04. The monoisotopic (exact) mass is 250 g/mol. The molecule has 2 aliphatic carbocycles. The van der Waals surface area contributed by atoms with Crippen LogP contribution in [-0.2, 0) is 6.42 Å². The van der Waals surface area contributed by atoms with E-state index in [0.717, 1.165) is 24.2 Å². The summed E-state index contributed by atoms with van der Waals surface area (Å²) in [7, 11) is 2.10. The molecule has 0 spiro atoms. The predicted octanol–water partition coefficient (Wildman–Crippen LogP) is 3.10. The Bertz CT molecular complexity index is 349. The van der Waals surface area contributed by atoms with Gasteiger partial charge in [0.25, 0.3) is 0 Å². The van der Waals surface area contributed by atoms with Gasteiger partial charge in [0.05, 0.1) is 5.01 Å². The third-order valence-electron chi connectivity index (χ3n) is 4.78. The number of rotatable bonds is 5. The second kappa shape index (κ2) is 5.07. The van der Waals surface area contributed by atoms with E-state index in [0.29, 0.717) is 6.04 Å². The van der Waals surface area contributed by atoms with Gasteiger partial charge in [0.1, 0.15) is 0 Å². The molecule has 2 saturated carbocycles. The first kappa shape index (κ1) is 11.7. The number of thiazole rings is 1. The smallest absolute Gasteiger partial charge is 0.0940 e. The van der Waals surface area contributed by atoms with Gasteiger partial charge in [-0.15, -0.1) is 11.3 Å². The second-order valence-electron chi connectivity index (χ2n) is 5.79. The SMILES string of the molecule is CNC(Cc1nccs1)CC1CC2CCC1C2. The van der Waals surface area contributed by atoms with Crippen LogP contribution in [0, 0.1) is 17.8 Å². The highest BCUT2D eigenvalue weighted by Crippen LogP contribution is 2.49. The first-order valence-corrected chi connectivity index (χ1v) is 7.78. The fourth-order valence-corrected chi connectivity index (χ4v) is 4.60. The molecule has 17 heavy (non-hydrogen) atoms. The summed E-state index contributed by atoms with van der Waals surface area (Å²) in [5.41, 5.74) is 0. The van der Waals surface area contributed by atoms with Gasteiger partial charge in [-0.3, -0.25) is 0 Å². The maximum atomic E-state index is 4.41. The zero-order valence-electron chi connectivity index (χ0n) is 10.6. The lowest BCUT2D eigenvalue weighted by atomic mass is 9.83. The summed E-state index contributed by atoms with van der Waals surface area (Å²) >= 11 is 1.79. The van der Waals surface area contributed by atoms with E-state index in [-0.39, 0.29) is 0 Å². The van der Waals surface area contributed by atoms with Crippen molar-refractivity contribution in [1.82, 2.24) is 10.3 Å². The number of likely N-dealkylation sites (N-methyl/N-ethyl adjacent to an activating group) is 1. The molecule has 0 amide bonds. The maximum Gasteiger partial charge on any atom is 0.0940 e. The number of nitrogens with one attached hydrogen (secondary N) is 1. The van der Waals surface area contributed by atoms with Crippen LogP contribution >= 0.6 is 11.3 Å². The first-order valence-electron chi connectivity index (χ1n) is 6.90. The number of hydrogen-bond donors (Lipinski definition) is 1. The molecule has 4 unspecified atom stereocenters. The van der Waals surface area contributed by atoms with Crippen LogP contribution in [0.25, 0.3) is 0 Å². The van der Waals surface area contributed by atoms with Crippen LogP contribution in [0.15, 0.2) is 11.6 Å². The van der Waals surface area contributed by atoms with Crippen molar-refractivity contribution in [1.29, 1.82) is 0 Å². The Morgan fingerprint density at radius 3 is 3.00 bits per heavy atom. The van der Waals surface area contributed by atoms with Gasteiger partial charge >= 0.3 is 0 Å². The molecule has 2 aliphatic rings. The molecule has 1 aromatic heterocycles. The Morgan fingerprint density at radius 1 is 1.47 bits per heavy atom. The van der Waals surface area contributed by atoms with E-state index in [9.17, 15) is 0 Å². The topological polar surface area (TPSA) is 24.9 Å². The van der Waals surface area contributed by atoms with Crippen LogP contribution in [-0.4, -0.2) is 18.1 Å². The zero-order valence-corrected chi connectivity index (χ0v) is 11.4. The molecule has 3 rings (SSSR count). The Kier molecular flexibility index (Phi) is 3.48. The predicted molar refractivity (Wildman–Crippen MR) is 72.2 cm³/mol. The summed E-state index contributed by atoms with van der Waals surface area (Å²) in [5, 5.41) is 6.86. The van der Waals surface area contributed by atoms with Crippen LogP contribution in [0.2, 0.25) is 0 Å². The van der Waals surface area contributed by atoms with Crippen LogP contribution in [0.4, 0.5) is 0 Å². The minimum absolute atomic E-state index is 0.630. The van der Waals surface area contributed by atoms with Gasteiger partial charge in [-0.25, -0.2) is 4.98 Å². The van der Waals surface area contributed by atoms with Crippen molar-refractivity contribution in [3.05, 3.63) is 16.6 Å². The lowest BCUT2D eigenvalue weighted by Gasteiger charge is -2.26. The molecule has 1 heterocycles. The number of aromatic nitrogens is 1. The largest absolute Gasteiger partial charge is 0.317 e. The van der Waals surface area contributed by atoms with Gasteiger partial charge in [0.2, 0.25) is 0 Å². The van der Waals surface area contributed by atoms with Crippen molar-refractivity contribution in [2.45, 2.75) is 44.6 Å². The normalized spacial score (nSPS) is 33.1. The van der Waals surface area contributed by atoms with Crippen molar-refractivity contribution < 1.29 is 0 Å². The van der Waals surface area contributed by atoms with E-state index in [2.05, 4.69) is 22.7 Å². The lowest BCUT2D eigenvalue weighted by molar-refractivity contribution is 0.281. The summed E-state index contributed by atoms with van der Waals surface area (Å²) in [5.74, 6) is 3.11. The Labute approximate surface area is 108 Å². The fourth-order valence-electron chi connectivity index (χ4n) is 3.90. The average molecular weight is 250 g/mol. The molecule has 94 valence electrons. The molecule has 0 aromatic carbocycles. The standard InChI is InChI=1S/C14H22N2S/c1-15-13(9-14-16-4-5-17-14)8-12-7-10-2-3-11(12)6-10/h4-5,10-13,15H,2-3,6-9H2,1H3. The van der Waals surface area contributed by atoms with E-state index >= 15 is 0 Å². The minimum Gasteiger partial charge on any atom is -0.317 e. The maximum absolute atomic E-state index is 4.41. The van der Waals surface area contributed by atoms with Gasteiger partial charge in [-0.2, -0.15) is 0 Å². The van der Waals surface area contributed by atoms with E-state index < -0.39 is 0 Å². The highest BCUT2D eigenvalue weighted by atomic mass is 32.1. The Balaban J connectivity index is 1.55. The quantitative estimate of drug-likeness (QED) is 0.868. The number of hydrogen-bond acceptors (Lipinski definition) is 3. The molecule has 1 N–H and O–H groups in total. The highest BCUT2D eigenvalue weighted by molar-refractivity contribution is 7.09. The van der Waals surface area contributed by atoms with E-state index in [1.54, 1.807) is 11.3 Å². The fraction of sp³-hybridized carbons (Fsp3) is 0.786. The van der Waals surface area contributed by atoms with Crippen LogP contribution < -0.4 is 5.32 Å². The summed E-state index contributed by atoms with van der Waals surface area (Å²) < 4.78 is 0. The highest BCUT2D eigenvalue weighted by Gasteiger charge is 2.39. The third kappa shape index (κ3) is 2.55. The van der Waals surface area contributed by atoms with Gasteiger partial charge in [-0.1, -0.05) is 6.42 Å². The lowest BCUT2D eigenvalue weighted by Crippen LogP contribution is -2.31. The zero-order chi connectivity index (χ0) is 11.7. The van der Waals surface area contributed by atoms with Crippen LogP contribution in [0.3, 0.4) is 0 Å². The molecule has 0 radical (unpaired) electrons. The van der Waals surface area contributed by atoms with Crippen molar-refractivity contribution in [2.24, 2.45) is 17.8 Å². The van der Waals surface area contributed by atoms with Crippen molar-refractivity contribution in [3.8, 4) is 0 Å². The minimum atomic E-state index is 0.630. The van der Waals surface area contributed by atoms with Crippen LogP contribution in [0.5, 0.6) is 0 Å². The first-order chi connectivity index (χ1) is 8.35. The van der Waals surface area contributed by atoms with Crippen LogP contribution in [0.1, 0.15) is 37.1 Å². The molecule has 2 fully saturated rings. The summed E-state index contributed by atoms with van der Waals surface area (Å²) in [6.07, 6.45) is 10.4. The number of nitrogens with zero attached hydrogens (tertiary/aromatic N) is 1. The van der Waals surface area contributed by atoms with Crippen molar-refractivity contribution in [3.63, 3.8) is 0 Å². The van der Waals surface area contributed by atoms with E-state index in [1.165, 1.54) is 37.1 Å². The van der Waals surface area contributed by atoms with E-state index in [1.807, 2.05) is 6.20 Å². The third-order valence-corrected chi connectivity index (χ3v) is 5.59. The van der Waals surface area contributed by atoms with Crippen molar-refractivity contribution in [2.75, 3.05) is 7.05 Å². The molecule has 4 atom stereocenters. The molecular formula is C14H22N2S. The summed E-state index contributed by atoms with van der Waals surface area (Å²) in [6, 6.07) is 0.630. The Hall–Kier alpha value is -0.410. The number of fused-ring (bicyclic) bond motifs is 2. The molecule has 2 nitrogen and oxygen atoms in total.